The van der Waals surface area contributed by atoms with Crippen LogP contribution >= 0.6 is 0 Å². The topological polar surface area (TPSA) is 65.2 Å². The van der Waals surface area contributed by atoms with Crippen molar-refractivity contribution in [1.82, 2.24) is 0 Å². The molecule has 1 saturated carbocycles. The SMILES string of the molecule is CCc1cc(C(F)(F)F)cc(C=NC2CCCC(N=Cc3cc(C(F)(F)F)cc(CC)c3O)C2)c1O. The second-order valence-electron chi connectivity index (χ2n) is 8.88. The van der Waals surface area contributed by atoms with E-state index in [1.165, 1.54) is 12.4 Å². The van der Waals surface area contributed by atoms with Gasteiger partial charge in [-0.1, -0.05) is 13.8 Å². The lowest BCUT2D eigenvalue weighted by molar-refractivity contribution is -0.138. The molecular weight excluding hydrogens is 486 g/mol. The number of aryl methyl sites for hydroxylation is 2. The van der Waals surface area contributed by atoms with Gasteiger partial charge in [0.25, 0.3) is 0 Å². The molecule has 0 aromatic heterocycles. The molecule has 1 fully saturated rings. The van der Waals surface area contributed by atoms with Crippen molar-refractivity contribution in [3.63, 3.8) is 0 Å². The third kappa shape index (κ3) is 6.59. The fourth-order valence-corrected chi connectivity index (χ4v) is 4.28. The van der Waals surface area contributed by atoms with E-state index in [1.54, 1.807) is 13.8 Å². The molecule has 196 valence electrons. The van der Waals surface area contributed by atoms with Crippen LogP contribution < -0.4 is 0 Å². The number of aliphatic imine (C=N–C) groups is 2. The average Bonchev–Trinajstić information content (AvgIpc) is 2.81. The van der Waals surface area contributed by atoms with Gasteiger partial charge in [-0.2, -0.15) is 26.3 Å². The molecule has 4 nitrogen and oxygen atoms in total. The van der Waals surface area contributed by atoms with Gasteiger partial charge in [0, 0.05) is 23.6 Å². The third-order valence-corrected chi connectivity index (χ3v) is 6.32. The molecule has 0 spiro atoms. The summed E-state index contributed by atoms with van der Waals surface area (Å²) in [6.07, 6.45) is -3.71. The van der Waals surface area contributed by atoms with Crippen LogP contribution in [-0.2, 0) is 25.2 Å². The monoisotopic (exact) mass is 514 g/mol. The molecule has 1 aliphatic carbocycles. The minimum Gasteiger partial charge on any atom is -0.507 e. The number of benzene rings is 2. The van der Waals surface area contributed by atoms with Crippen LogP contribution in [0, 0.1) is 0 Å². The molecule has 0 radical (unpaired) electrons. The first-order valence-electron chi connectivity index (χ1n) is 11.8. The van der Waals surface area contributed by atoms with E-state index in [1.807, 2.05) is 0 Å². The standard InChI is InChI=1S/C26H28F6N2O2/c1-3-15-8-19(25(27,28)29)10-17(23(15)35)13-33-21-6-5-7-22(12-21)34-14-18-11-20(26(30,31)32)9-16(4-2)24(18)36/h8-11,13-14,21-22,35-36H,3-7,12H2,1-2H3. The summed E-state index contributed by atoms with van der Waals surface area (Å²) in [4.78, 5) is 8.77. The first-order valence-corrected chi connectivity index (χ1v) is 11.8. The van der Waals surface area contributed by atoms with Crippen LogP contribution in [0.2, 0.25) is 0 Å². The lowest BCUT2D eigenvalue weighted by Crippen LogP contribution is -2.21. The van der Waals surface area contributed by atoms with E-state index in [0.29, 0.717) is 25.7 Å². The second-order valence-corrected chi connectivity index (χ2v) is 8.88. The van der Waals surface area contributed by atoms with Crippen molar-refractivity contribution < 1.29 is 36.6 Å². The van der Waals surface area contributed by atoms with Crippen LogP contribution in [0.5, 0.6) is 11.5 Å². The van der Waals surface area contributed by atoms with Gasteiger partial charge in [-0.15, -0.1) is 0 Å². The highest BCUT2D eigenvalue weighted by atomic mass is 19.4. The fraction of sp³-hybridized carbons (Fsp3) is 0.462. The number of alkyl halides is 6. The first-order chi connectivity index (χ1) is 16.8. The highest BCUT2D eigenvalue weighted by molar-refractivity contribution is 5.85. The zero-order valence-corrected chi connectivity index (χ0v) is 19.9. The normalized spacial score (nSPS) is 19.4. The molecule has 0 amide bonds. The Morgan fingerprint density at radius 3 is 1.47 bits per heavy atom. The summed E-state index contributed by atoms with van der Waals surface area (Å²) in [7, 11) is 0. The highest BCUT2D eigenvalue weighted by Crippen LogP contribution is 2.36. The minimum atomic E-state index is -4.56. The molecule has 36 heavy (non-hydrogen) atoms. The van der Waals surface area contributed by atoms with Crippen molar-refractivity contribution in [3.8, 4) is 11.5 Å². The number of phenolic OH excluding ortho intramolecular Hbond substituents is 2. The Morgan fingerprint density at radius 1 is 0.750 bits per heavy atom. The molecule has 2 aromatic carbocycles. The van der Waals surface area contributed by atoms with Crippen molar-refractivity contribution in [3.05, 3.63) is 57.6 Å². The van der Waals surface area contributed by atoms with Crippen LogP contribution in [0.3, 0.4) is 0 Å². The molecule has 1 aliphatic rings. The summed E-state index contributed by atoms with van der Waals surface area (Å²) in [6, 6.07) is 3.01. The number of halogens is 6. The van der Waals surface area contributed by atoms with Gasteiger partial charge in [-0.05, 0) is 73.9 Å². The molecule has 0 bridgehead atoms. The Balaban J connectivity index is 1.79. The van der Waals surface area contributed by atoms with Crippen LogP contribution in [-0.4, -0.2) is 34.7 Å². The van der Waals surface area contributed by atoms with Crippen LogP contribution in [0.15, 0.2) is 34.3 Å². The molecule has 2 unspecified atom stereocenters. The van der Waals surface area contributed by atoms with Gasteiger partial charge < -0.3 is 10.2 Å². The largest absolute Gasteiger partial charge is 0.507 e. The summed E-state index contributed by atoms with van der Waals surface area (Å²) >= 11 is 0. The smallest absolute Gasteiger partial charge is 0.416 e. The van der Waals surface area contributed by atoms with E-state index in [2.05, 4.69) is 9.98 Å². The highest BCUT2D eigenvalue weighted by Gasteiger charge is 2.33. The van der Waals surface area contributed by atoms with Gasteiger partial charge in [0.1, 0.15) is 11.5 Å². The van der Waals surface area contributed by atoms with Crippen LogP contribution in [0.25, 0.3) is 0 Å². The lowest BCUT2D eigenvalue weighted by Gasteiger charge is -2.24. The van der Waals surface area contributed by atoms with Crippen LogP contribution in [0.1, 0.15) is 72.9 Å². The third-order valence-electron chi connectivity index (χ3n) is 6.32. The second kappa shape index (κ2) is 10.9. The predicted octanol–water partition coefficient (Wildman–Crippen LogP) is 7.11. The van der Waals surface area contributed by atoms with E-state index in [-0.39, 0.29) is 58.7 Å². The quantitative estimate of drug-likeness (QED) is 0.319. The van der Waals surface area contributed by atoms with Gasteiger partial charge >= 0.3 is 12.4 Å². The lowest BCUT2D eigenvalue weighted by atomic mass is 9.91. The number of hydrogen-bond donors (Lipinski definition) is 2. The maximum Gasteiger partial charge on any atom is 0.416 e. The fourth-order valence-electron chi connectivity index (χ4n) is 4.28. The van der Waals surface area contributed by atoms with E-state index < -0.39 is 23.5 Å². The van der Waals surface area contributed by atoms with Gasteiger partial charge in [0.15, 0.2) is 0 Å². The van der Waals surface area contributed by atoms with Crippen molar-refractivity contribution in [2.75, 3.05) is 0 Å². The molecule has 10 heteroatoms. The number of hydrogen-bond acceptors (Lipinski definition) is 4. The summed E-state index contributed by atoms with van der Waals surface area (Å²) in [5, 5.41) is 20.7. The summed E-state index contributed by atoms with van der Waals surface area (Å²) in [6.45, 7) is 3.29. The van der Waals surface area contributed by atoms with Gasteiger partial charge in [-0.25, -0.2) is 0 Å². The van der Waals surface area contributed by atoms with Crippen molar-refractivity contribution >= 4 is 12.4 Å². The number of phenols is 2. The van der Waals surface area contributed by atoms with Gasteiger partial charge in [-0.3, -0.25) is 9.98 Å². The Bertz CT molecular complexity index is 1050. The molecule has 3 rings (SSSR count). The number of rotatable bonds is 6. The number of nitrogens with zero attached hydrogens (tertiary/aromatic N) is 2. The Morgan fingerprint density at radius 2 is 1.14 bits per heavy atom. The molecule has 2 atom stereocenters. The van der Waals surface area contributed by atoms with E-state index in [0.717, 1.165) is 24.3 Å². The van der Waals surface area contributed by atoms with Crippen molar-refractivity contribution in [2.45, 2.75) is 76.8 Å². The molecule has 0 heterocycles. The van der Waals surface area contributed by atoms with Crippen molar-refractivity contribution in [1.29, 1.82) is 0 Å². The molecule has 0 aliphatic heterocycles. The molecular formula is C26H28F6N2O2. The maximum atomic E-state index is 13.2. The maximum absolute atomic E-state index is 13.2. The summed E-state index contributed by atoms with van der Waals surface area (Å²) < 4.78 is 79.4. The minimum absolute atomic E-state index is 0.0201. The summed E-state index contributed by atoms with van der Waals surface area (Å²) in [5.41, 5.74) is -1.43. The zero-order chi connectivity index (χ0) is 26.7. The molecule has 0 saturated heterocycles. The van der Waals surface area contributed by atoms with Gasteiger partial charge in [0.05, 0.1) is 23.2 Å². The van der Waals surface area contributed by atoms with Crippen LogP contribution in [0.4, 0.5) is 26.3 Å². The number of aromatic hydroxyl groups is 2. The Labute approximate surface area is 205 Å². The molecule has 2 N–H and O–H groups in total. The average molecular weight is 515 g/mol. The molecule has 2 aromatic rings. The summed E-state index contributed by atoms with van der Waals surface area (Å²) in [5.74, 6) is -0.488. The van der Waals surface area contributed by atoms with Gasteiger partial charge in [0.2, 0.25) is 0 Å². The Hall–Kier alpha value is -3.04. The first kappa shape index (κ1) is 27.5. The zero-order valence-electron chi connectivity index (χ0n) is 19.9. The van der Waals surface area contributed by atoms with E-state index in [9.17, 15) is 36.6 Å². The van der Waals surface area contributed by atoms with E-state index >= 15 is 0 Å². The van der Waals surface area contributed by atoms with Crippen molar-refractivity contribution in [2.24, 2.45) is 9.98 Å². The predicted molar refractivity (Wildman–Crippen MR) is 126 cm³/mol. The Kier molecular flexibility index (Phi) is 8.36. The van der Waals surface area contributed by atoms with E-state index in [4.69, 9.17) is 0 Å².